The number of carbonyl (C=O) groups excluding carboxylic acids is 4. The minimum absolute atomic E-state index is 0.345. The minimum atomic E-state index is -1.36. The van der Waals surface area contributed by atoms with Gasteiger partial charge in [0.2, 0.25) is 0 Å². The second-order valence-electron chi connectivity index (χ2n) is 16.4. The summed E-state index contributed by atoms with van der Waals surface area (Å²) in [5.74, 6) is -2.37. The Labute approximate surface area is 286 Å². The van der Waals surface area contributed by atoms with E-state index in [-0.39, 0.29) is 6.61 Å². The average molecular weight is 673 g/mol. The van der Waals surface area contributed by atoms with E-state index in [9.17, 15) is 19.2 Å². The quantitative estimate of drug-likeness (QED) is 0.174. The average Bonchev–Trinajstić information content (AvgIpc) is 2.94. The van der Waals surface area contributed by atoms with E-state index in [2.05, 4.69) is 4.99 Å². The maximum atomic E-state index is 13.4. The molecule has 11 nitrogen and oxygen atoms in total. The molecule has 48 heavy (non-hydrogen) atoms. The van der Waals surface area contributed by atoms with E-state index < -0.39 is 76.2 Å². The Morgan fingerprint density at radius 3 is 1.56 bits per heavy atom. The van der Waals surface area contributed by atoms with Crippen LogP contribution in [0.5, 0.6) is 0 Å². The Kier molecular flexibility index (Phi) is 13.2. The van der Waals surface area contributed by atoms with E-state index in [1.807, 2.05) is 49.3 Å². The van der Waals surface area contributed by atoms with E-state index in [1.165, 1.54) is 6.21 Å². The van der Waals surface area contributed by atoms with Gasteiger partial charge in [0, 0.05) is 26.0 Å². The summed E-state index contributed by atoms with van der Waals surface area (Å²) < 4.78 is 30.0. The van der Waals surface area contributed by atoms with E-state index in [4.69, 9.17) is 23.7 Å². The zero-order valence-electron chi connectivity index (χ0n) is 31.2. The van der Waals surface area contributed by atoms with Crippen molar-refractivity contribution in [2.75, 3.05) is 25.6 Å². The van der Waals surface area contributed by atoms with Gasteiger partial charge in [-0.15, -0.1) is 0 Å². The van der Waals surface area contributed by atoms with Gasteiger partial charge >= 0.3 is 23.9 Å². The van der Waals surface area contributed by atoms with Gasteiger partial charge in [-0.25, -0.2) is 0 Å². The fourth-order valence-electron chi connectivity index (χ4n) is 4.00. The molecule has 2 rings (SSSR count). The Balaban J connectivity index is 2.66. The first-order valence-corrected chi connectivity index (χ1v) is 16.3. The van der Waals surface area contributed by atoms with Gasteiger partial charge in [-0.2, -0.15) is 0 Å². The third-order valence-corrected chi connectivity index (χ3v) is 7.18. The molecule has 0 N–H and O–H groups in total. The molecule has 11 heteroatoms. The van der Waals surface area contributed by atoms with Gasteiger partial charge in [-0.05, 0) is 107 Å². The summed E-state index contributed by atoms with van der Waals surface area (Å²) in [5.41, 5.74) is -1.72. The van der Waals surface area contributed by atoms with Crippen molar-refractivity contribution in [3.05, 3.63) is 35.9 Å². The van der Waals surface area contributed by atoms with Crippen LogP contribution in [0.4, 0.5) is 5.69 Å². The van der Waals surface area contributed by atoms with Crippen molar-refractivity contribution < 1.29 is 42.9 Å². The predicted molar refractivity (Wildman–Crippen MR) is 185 cm³/mol. The lowest BCUT2D eigenvalue weighted by atomic mass is 9.92. The Morgan fingerprint density at radius 2 is 1.12 bits per heavy atom. The molecule has 268 valence electrons. The summed E-state index contributed by atoms with van der Waals surface area (Å²) >= 11 is 0. The largest absolute Gasteiger partial charge is 0.462 e. The number of anilines is 1. The highest BCUT2D eigenvalue weighted by atomic mass is 16.7. The third-order valence-electron chi connectivity index (χ3n) is 7.18. The zero-order valence-corrected chi connectivity index (χ0v) is 31.2. The molecule has 0 radical (unpaired) electrons. The van der Waals surface area contributed by atoms with Crippen LogP contribution in [0.3, 0.4) is 0 Å². The number of rotatable bonds is 9. The Hall–Kier alpha value is -3.73. The lowest BCUT2D eigenvalue weighted by molar-refractivity contribution is -0.258. The first-order chi connectivity index (χ1) is 21.8. The summed E-state index contributed by atoms with van der Waals surface area (Å²) in [4.78, 5) is 59.4. The normalized spacial score (nSPS) is 22.3. The van der Waals surface area contributed by atoms with Gasteiger partial charge in [0.1, 0.15) is 12.7 Å². The topological polar surface area (TPSA) is 130 Å². The number of esters is 4. The molecule has 1 aliphatic rings. The molecule has 0 aromatic heterocycles. The van der Waals surface area contributed by atoms with E-state index in [1.54, 1.807) is 89.2 Å². The number of carbonyl (C=O) groups is 4. The molecule has 0 saturated carbocycles. The van der Waals surface area contributed by atoms with Crippen molar-refractivity contribution in [2.45, 2.75) is 114 Å². The molecule has 1 aliphatic heterocycles. The summed E-state index contributed by atoms with van der Waals surface area (Å²) in [6.45, 7) is 19.9. The van der Waals surface area contributed by atoms with Crippen LogP contribution in [0.1, 0.15) is 88.6 Å². The molecule has 1 aromatic rings. The predicted octanol–water partition coefficient (Wildman–Crippen LogP) is 6.02. The number of benzene rings is 1. The van der Waals surface area contributed by atoms with Crippen LogP contribution >= 0.6 is 0 Å². The molecule has 0 unspecified atom stereocenters. The van der Waals surface area contributed by atoms with E-state index >= 15 is 0 Å². The standard InChI is InChI=1S/C37H56N2O9/c1-34(2,3)30(40)44-22-25-26(46-31(41)35(4,5)6)27(47-32(42)36(7,8)9)28(48-33(43)37(10,11)12)29(45-25)38-21-15-16-23-17-19-24(20-18-23)39(13)14/h15-21,25-29H,22H2,1-14H3/b16-15+,38-21+/t25-,26-,27+,28-,29-/m1/s1. The fraction of sp³-hybridized carbons (Fsp3) is 0.649. The highest BCUT2D eigenvalue weighted by Gasteiger charge is 2.54. The maximum Gasteiger partial charge on any atom is 0.311 e. The molecule has 0 aliphatic carbocycles. The number of hydrogen-bond acceptors (Lipinski definition) is 11. The molecule has 0 spiro atoms. The van der Waals surface area contributed by atoms with Gasteiger partial charge in [0.15, 0.2) is 24.5 Å². The molecular weight excluding hydrogens is 616 g/mol. The summed E-state index contributed by atoms with van der Waals surface area (Å²) in [5, 5.41) is 0. The summed E-state index contributed by atoms with van der Waals surface area (Å²) in [6, 6.07) is 7.89. The third kappa shape index (κ3) is 11.8. The number of ether oxygens (including phenoxy) is 5. The first kappa shape index (κ1) is 40.4. The number of hydrogen-bond donors (Lipinski definition) is 0. The fourth-order valence-corrected chi connectivity index (χ4v) is 4.00. The monoisotopic (exact) mass is 672 g/mol. The van der Waals surface area contributed by atoms with Crippen LogP contribution in [0.15, 0.2) is 35.3 Å². The smallest absolute Gasteiger partial charge is 0.311 e. The second-order valence-corrected chi connectivity index (χ2v) is 16.4. The molecule has 0 bridgehead atoms. The van der Waals surface area contributed by atoms with Crippen molar-refractivity contribution in [3.8, 4) is 0 Å². The van der Waals surface area contributed by atoms with Gasteiger partial charge in [0.05, 0.1) is 21.7 Å². The maximum absolute atomic E-state index is 13.4. The summed E-state index contributed by atoms with van der Waals surface area (Å²) in [6.07, 6.45) is -1.31. The minimum Gasteiger partial charge on any atom is -0.462 e. The highest BCUT2D eigenvalue weighted by Crippen LogP contribution is 2.34. The van der Waals surface area contributed by atoms with E-state index in [0.717, 1.165) is 11.3 Å². The lowest BCUT2D eigenvalue weighted by Crippen LogP contribution is -2.63. The van der Waals surface area contributed by atoms with Crippen LogP contribution in [-0.2, 0) is 42.9 Å². The van der Waals surface area contributed by atoms with Crippen LogP contribution in [0.2, 0.25) is 0 Å². The molecular formula is C37H56N2O9. The van der Waals surface area contributed by atoms with Crippen LogP contribution in [0.25, 0.3) is 6.08 Å². The highest BCUT2D eigenvalue weighted by molar-refractivity contribution is 5.80. The van der Waals surface area contributed by atoms with Crippen molar-refractivity contribution in [1.82, 2.24) is 0 Å². The van der Waals surface area contributed by atoms with Crippen molar-refractivity contribution in [1.29, 1.82) is 0 Å². The van der Waals surface area contributed by atoms with E-state index in [0.29, 0.717) is 0 Å². The molecule has 1 saturated heterocycles. The van der Waals surface area contributed by atoms with Gasteiger partial charge < -0.3 is 28.6 Å². The van der Waals surface area contributed by atoms with Crippen molar-refractivity contribution in [2.24, 2.45) is 26.7 Å². The van der Waals surface area contributed by atoms with Gasteiger partial charge in [0.25, 0.3) is 0 Å². The van der Waals surface area contributed by atoms with Crippen molar-refractivity contribution in [3.63, 3.8) is 0 Å². The molecule has 1 aromatic carbocycles. The lowest BCUT2D eigenvalue weighted by Gasteiger charge is -2.45. The van der Waals surface area contributed by atoms with Gasteiger partial charge in [-0.3, -0.25) is 24.2 Å². The molecule has 1 heterocycles. The van der Waals surface area contributed by atoms with Crippen LogP contribution < -0.4 is 4.90 Å². The summed E-state index contributed by atoms with van der Waals surface area (Å²) in [7, 11) is 3.92. The Morgan fingerprint density at radius 1 is 0.688 bits per heavy atom. The van der Waals surface area contributed by atoms with Crippen LogP contribution in [0, 0.1) is 21.7 Å². The SMILES string of the molecule is CN(C)c1ccc(/C=C/C=N/[C@@H]2O[C@H](COC(=O)C(C)(C)C)[C@@H](OC(=O)C(C)(C)C)[C@H](OC(=O)C(C)(C)C)[C@H]2OC(=O)C(C)(C)C)cc1. The molecule has 0 amide bonds. The zero-order chi connectivity index (χ0) is 36.8. The number of aliphatic imine (C=N–C) groups is 1. The first-order valence-electron chi connectivity index (χ1n) is 16.3. The number of nitrogens with zero attached hydrogens (tertiary/aromatic N) is 2. The van der Waals surface area contributed by atoms with Gasteiger partial charge in [-0.1, -0.05) is 18.2 Å². The second kappa shape index (κ2) is 15.7. The molecule has 5 atom stereocenters. The molecule has 1 fully saturated rings. The Bertz CT molecular complexity index is 1340. The number of allylic oxidation sites excluding steroid dienone is 1. The van der Waals surface area contributed by atoms with Crippen molar-refractivity contribution >= 4 is 41.9 Å². The van der Waals surface area contributed by atoms with Crippen LogP contribution in [-0.4, -0.2) is 81.4 Å².